The van der Waals surface area contributed by atoms with Crippen LogP contribution in [0, 0.1) is 0 Å². The summed E-state index contributed by atoms with van der Waals surface area (Å²) in [7, 11) is 3.81. The molecule has 2 aliphatic heterocycles. The van der Waals surface area contributed by atoms with Crippen molar-refractivity contribution in [3.63, 3.8) is 0 Å². The van der Waals surface area contributed by atoms with Gasteiger partial charge >= 0.3 is 0 Å². The van der Waals surface area contributed by atoms with Crippen molar-refractivity contribution in [3.05, 3.63) is 52.4 Å². The predicted octanol–water partition coefficient (Wildman–Crippen LogP) is 6.37. The molecule has 9 heteroatoms. The van der Waals surface area contributed by atoms with Crippen LogP contribution in [0.2, 0.25) is 0 Å². The fourth-order valence-corrected chi connectivity index (χ4v) is 4.94. The van der Waals surface area contributed by atoms with Crippen LogP contribution in [-0.2, 0) is 9.53 Å². The third kappa shape index (κ3) is 12.9. The number of anilines is 2. The Balaban J connectivity index is 0.000000418. The molecule has 0 saturated carbocycles. The summed E-state index contributed by atoms with van der Waals surface area (Å²) in [4.78, 5) is 15.9. The van der Waals surface area contributed by atoms with Gasteiger partial charge in [0.25, 0.3) is 0 Å². The van der Waals surface area contributed by atoms with Crippen molar-refractivity contribution in [1.82, 2.24) is 10.2 Å². The number of thiol groups is 1. The maximum absolute atomic E-state index is 11.2. The zero-order valence-electron chi connectivity index (χ0n) is 28.3. The Labute approximate surface area is 267 Å². The van der Waals surface area contributed by atoms with Gasteiger partial charge in [-0.15, -0.1) is 0 Å². The van der Waals surface area contributed by atoms with Gasteiger partial charge in [-0.25, -0.2) is 0 Å². The molecule has 43 heavy (non-hydrogen) atoms. The summed E-state index contributed by atoms with van der Waals surface area (Å²) in [5.41, 5.74) is 12.9. The molecule has 0 spiro atoms. The highest BCUT2D eigenvalue weighted by molar-refractivity contribution is 7.79. The minimum Gasteiger partial charge on any atom is -0.495 e. The average molecular weight is 618 g/mol. The topological polar surface area (TPSA) is 92.1 Å². The number of piperazine rings is 1. The number of benzene rings is 1. The van der Waals surface area contributed by atoms with Crippen LogP contribution in [-0.4, -0.2) is 76.7 Å². The Kier molecular flexibility index (Phi) is 18.9. The van der Waals surface area contributed by atoms with E-state index < -0.39 is 5.91 Å². The van der Waals surface area contributed by atoms with Crippen molar-refractivity contribution in [2.24, 2.45) is 5.73 Å². The quantitative estimate of drug-likeness (QED) is 0.130. The van der Waals surface area contributed by atoms with Gasteiger partial charge < -0.3 is 35.6 Å². The number of hydrogen-bond donors (Lipinski definition) is 4. The minimum absolute atomic E-state index is 0.420. The van der Waals surface area contributed by atoms with E-state index in [0.717, 1.165) is 94.3 Å². The van der Waals surface area contributed by atoms with Gasteiger partial charge in [0.15, 0.2) is 0 Å². The SMILES string of the molecule is CC/C=C(CC)/C(NC1CCOCC1)=C(/C)CC.COc1cc(N/C(C)=C(/C)C(N)=O)ccc1N1CCN(C)CC1.CS. The van der Waals surface area contributed by atoms with E-state index in [9.17, 15) is 4.79 Å². The van der Waals surface area contributed by atoms with Crippen molar-refractivity contribution >= 4 is 29.9 Å². The van der Waals surface area contributed by atoms with Crippen LogP contribution in [0.15, 0.2) is 52.4 Å². The summed E-state index contributed by atoms with van der Waals surface area (Å²) in [6.07, 6.45) is 9.65. The average Bonchev–Trinajstić information content (AvgIpc) is 3.04. The number of primary amides is 1. The molecule has 244 valence electrons. The lowest BCUT2D eigenvalue weighted by atomic mass is 10.00. The van der Waals surface area contributed by atoms with Crippen LogP contribution in [0.5, 0.6) is 5.75 Å². The molecule has 2 fully saturated rings. The predicted molar refractivity (Wildman–Crippen MR) is 187 cm³/mol. The number of carbonyl (C=O) groups excluding carboxylic acids is 1. The molecule has 0 bridgehead atoms. The van der Waals surface area contributed by atoms with Crippen LogP contribution in [0.1, 0.15) is 73.6 Å². The summed E-state index contributed by atoms with van der Waals surface area (Å²) in [5.74, 6) is 0.403. The second-order valence-corrected chi connectivity index (χ2v) is 10.9. The molecule has 3 rings (SSSR count). The zero-order valence-corrected chi connectivity index (χ0v) is 29.2. The number of carbonyl (C=O) groups is 1. The summed E-state index contributed by atoms with van der Waals surface area (Å²) in [6, 6.07) is 6.58. The molecular weight excluding hydrogens is 558 g/mol. The van der Waals surface area contributed by atoms with E-state index in [2.05, 4.69) is 79.9 Å². The Morgan fingerprint density at radius 2 is 1.70 bits per heavy atom. The molecule has 0 atom stereocenters. The normalized spacial score (nSPS) is 17.3. The van der Waals surface area contributed by atoms with Gasteiger partial charge in [-0.05, 0) is 83.9 Å². The summed E-state index contributed by atoms with van der Waals surface area (Å²) in [6.45, 7) is 18.3. The molecule has 0 unspecified atom stereocenters. The highest BCUT2D eigenvalue weighted by atomic mass is 32.1. The number of likely N-dealkylation sites (N-methyl/N-ethyl adjacent to an activating group) is 1. The van der Waals surface area contributed by atoms with Crippen LogP contribution >= 0.6 is 12.6 Å². The summed E-state index contributed by atoms with van der Waals surface area (Å²) in [5, 5.41) is 6.98. The van der Waals surface area contributed by atoms with Gasteiger partial charge in [0.05, 0.1) is 12.8 Å². The maximum Gasteiger partial charge on any atom is 0.246 e. The van der Waals surface area contributed by atoms with Crippen LogP contribution in [0.3, 0.4) is 0 Å². The number of allylic oxidation sites excluding steroid dienone is 4. The fourth-order valence-electron chi connectivity index (χ4n) is 4.94. The van der Waals surface area contributed by atoms with E-state index >= 15 is 0 Å². The number of nitrogens with one attached hydrogen (secondary N) is 2. The van der Waals surface area contributed by atoms with Crippen molar-refractivity contribution in [1.29, 1.82) is 0 Å². The Hall–Kier alpha value is -2.62. The maximum atomic E-state index is 11.2. The second kappa shape index (κ2) is 21.1. The first-order valence-corrected chi connectivity index (χ1v) is 16.6. The van der Waals surface area contributed by atoms with E-state index in [1.54, 1.807) is 20.3 Å². The monoisotopic (exact) mass is 617 g/mol. The minimum atomic E-state index is -0.420. The van der Waals surface area contributed by atoms with Gasteiger partial charge in [0.1, 0.15) is 5.75 Å². The largest absolute Gasteiger partial charge is 0.495 e. The number of hydrogen-bond acceptors (Lipinski definition) is 8. The molecule has 4 N–H and O–H groups in total. The number of ether oxygens (including phenoxy) is 2. The van der Waals surface area contributed by atoms with E-state index in [1.165, 1.54) is 16.8 Å². The summed E-state index contributed by atoms with van der Waals surface area (Å²) >= 11 is 3.53. The van der Waals surface area contributed by atoms with E-state index in [-0.39, 0.29) is 0 Å². The van der Waals surface area contributed by atoms with Gasteiger partial charge in [-0.2, -0.15) is 12.6 Å². The molecule has 0 aromatic heterocycles. The molecule has 2 saturated heterocycles. The molecule has 0 aliphatic carbocycles. The molecule has 1 aromatic carbocycles. The third-order valence-corrected chi connectivity index (χ3v) is 7.97. The number of methoxy groups -OCH3 is 1. The Morgan fingerprint density at radius 1 is 1.07 bits per heavy atom. The van der Waals surface area contributed by atoms with E-state index in [1.807, 2.05) is 19.1 Å². The third-order valence-electron chi connectivity index (χ3n) is 7.97. The Morgan fingerprint density at radius 3 is 2.21 bits per heavy atom. The number of rotatable bonds is 11. The van der Waals surface area contributed by atoms with E-state index in [4.69, 9.17) is 15.2 Å². The number of nitrogens with zero attached hydrogens (tertiary/aromatic N) is 2. The number of amides is 1. The Bertz CT molecular complexity index is 1070. The van der Waals surface area contributed by atoms with Gasteiger partial charge in [-0.3, -0.25) is 4.79 Å². The van der Waals surface area contributed by atoms with Gasteiger partial charge in [0, 0.05) is 74.2 Å². The van der Waals surface area contributed by atoms with Crippen molar-refractivity contribution in [2.45, 2.75) is 79.7 Å². The highest BCUT2D eigenvalue weighted by Crippen LogP contribution is 2.32. The second-order valence-electron chi connectivity index (χ2n) is 10.9. The first-order valence-electron chi connectivity index (χ1n) is 15.7. The molecule has 0 radical (unpaired) electrons. The standard InChI is InChI=1S/C17H26N4O2.C16H29NO.CH4S/c1-12(17(18)22)13(2)19-14-5-6-15(16(11-14)23-4)21-9-7-20(3)8-10-21;1-5-8-14(7-3)16(13(4)6-2)17-15-9-11-18-12-10-15;1-2/h5-6,11,19H,7-10H2,1-4H3,(H2,18,22);8,15,17H,5-7,9-12H2,1-4H3;2H,1H3/b13-12-;14-8+,16-13+;. The van der Waals surface area contributed by atoms with Crippen molar-refractivity contribution in [2.75, 3.05) is 70.0 Å². The molecule has 1 amide bonds. The smallest absolute Gasteiger partial charge is 0.246 e. The van der Waals surface area contributed by atoms with Gasteiger partial charge in [0.2, 0.25) is 5.91 Å². The first-order chi connectivity index (χ1) is 20.6. The van der Waals surface area contributed by atoms with Gasteiger partial charge in [-0.1, -0.05) is 32.4 Å². The lowest BCUT2D eigenvalue weighted by molar-refractivity contribution is -0.114. The number of nitrogens with two attached hydrogens (primary N) is 1. The molecule has 2 aliphatic rings. The summed E-state index contributed by atoms with van der Waals surface area (Å²) < 4.78 is 11.0. The molecular formula is C34H59N5O3S. The van der Waals surface area contributed by atoms with Crippen LogP contribution < -0.4 is 26.0 Å². The van der Waals surface area contributed by atoms with Crippen LogP contribution in [0.4, 0.5) is 11.4 Å². The fraction of sp³-hybridized carbons (Fsp3) is 0.618. The van der Waals surface area contributed by atoms with Crippen molar-refractivity contribution < 1.29 is 14.3 Å². The molecule has 1 aromatic rings. The highest BCUT2D eigenvalue weighted by Gasteiger charge is 2.19. The first kappa shape index (κ1) is 38.4. The lowest BCUT2D eigenvalue weighted by Gasteiger charge is -2.34. The lowest BCUT2D eigenvalue weighted by Crippen LogP contribution is -2.44. The van der Waals surface area contributed by atoms with Crippen molar-refractivity contribution in [3.8, 4) is 5.75 Å². The van der Waals surface area contributed by atoms with Crippen LogP contribution in [0.25, 0.3) is 0 Å². The zero-order chi connectivity index (χ0) is 32.4. The van der Waals surface area contributed by atoms with E-state index in [0.29, 0.717) is 11.6 Å². The molecule has 2 heterocycles. The molecule has 8 nitrogen and oxygen atoms in total.